The van der Waals surface area contributed by atoms with Crippen LogP contribution in [0.25, 0.3) is 0 Å². The molecule has 4 nitrogen and oxygen atoms in total. The van der Waals surface area contributed by atoms with Crippen LogP contribution in [0, 0.1) is 6.92 Å². The summed E-state index contributed by atoms with van der Waals surface area (Å²) in [4.78, 5) is 14.8. The van der Waals surface area contributed by atoms with Crippen LogP contribution >= 0.6 is 0 Å². The van der Waals surface area contributed by atoms with Gasteiger partial charge in [0.1, 0.15) is 5.82 Å². The van der Waals surface area contributed by atoms with E-state index in [1.165, 1.54) is 6.42 Å². The van der Waals surface area contributed by atoms with Gasteiger partial charge >= 0.3 is 0 Å². The zero-order valence-electron chi connectivity index (χ0n) is 12.3. The monoisotopic (exact) mass is 263 g/mol. The number of amides is 1. The van der Waals surface area contributed by atoms with Gasteiger partial charge < -0.3 is 9.88 Å². The van der Waals surface area contributed by atoms with Gasteiger partial charge in [0, 0.05) is 13.2 Å². The van der Waals surface area contributed by atoms with Crippen molar-refractivity contribution < 1.29 is 4.79 Å². The van der Waals surface area contributed by atoms with Crippen molar-refractivity contribution in [1.82, 2.24) is 9.47 Å². The third-order valence-electron chi connectivity index (χ3n) is 3.94. The lowest BCUT2D eigenvalue weighted by atomic mass is 10.0. The molecule has 1 aliphatic rings. The van der Waals surface area contributed by atoms with Crippen molar-refractivity contribution in [2.24, 2.45) is 7.05 Å². The Morgan fingerprint density at radius 3 is 2.89 bits per heavy atom. The van der Waals surface area contributed by atoms with Gasteiger partial charge in [-0.1, -0.05) is 13.3 Å². The van der Waals surface area contributed by atoms with Crippen LogP contribution in [0.5, 0.6) is 0 Å². The van der Waals surface area contributed by atoms with E-state index >= 15 is 0 Å². The summed E-state index contributed by atoms with van der Waals surface area (Å²) in [5.74, 6) is 1.07. The molecule has 19 heavy (non-hydrogen) atoms. The molecule has 1 amide bonds. The first-order valence-corrected chi connectivity index (χ1v) is 7.30. The highest BCUT2D eigenvalue weighted by molar-refractivity contribution is 5.94. The third kappa shape index (κ3) is 3.18. The normalized spacial score (nSPS) is 20.5. The van der Waals surface area contributed by atoms with E-state index in [0.717, 1.165) is 43.7 Å². The van der Waals surface area contributed by atoms with E-state index in [4.69, 9.17) is 0 Å². The summed E-state index contributed by atoms with van der Waals surface area (Å²) in [6.45, 7) is 6.27. The average molecular weight is 263 g/mol. The molecule has 0 aliphatic carbocycles. The molecule has 1 fully saturated rings. The Morgan fingerprint density at radius 1 is 1.47 bits per heavy atom. The van der Waals surface area contributed by atoms with Crippen molar-refractivity contribution in [2.75, 3.05) is 18.4 Å². The van der Waals surface area contributed by atoms with Crippen molar-refractivity contribution in [3.8, 4) is 0 Å². The molecule has 1 atom stereocenters. The number of hydrogen-bond acceptors (Lipinski definition) is 2. The minimum absolute atomic E-state index is 0.0444. The highest BCUT2D eigenvalue weighted by atomic mass is 16.2. The van der Waals surface area contributed by atoms with E-state index in [0.29, 0.717) is 0 Å². The number of carbonyl (C=O) groups is 1. The summed E-state index contributed by atoms with van der Waals surface area (Å²) in [7, 11) is 1.97. The smallest absolute Gasteiger partial charge is 0.242 e. The second-order valence-corrected chi connectivity index (χ2v) is 5.50. The number of aryl methyl sites for hydroxylation is 2. The lowest BCUT2D eigenvalue weighted by molar-refractivity contribution is -0.122. The molecule has 1 unspecified atom stereocenters. The summed E-state index contributed by atoms with van der Waals surface area (Å²) < 4.78 is 1.97. The molecule has 0 saturated carbocycles. The van der Waals surface area contributed by atoms with Gasteiger partial charge in [-0.25, -0.2) is 0 Å². The molecule has 2 rings (SSSR count). The van der Waals surface area contributed by atoms with Crippen molar-refractivity contribution in [3.05, 3.63) is 17.8 Å². The molecular weight excluding hydrogens is 238 g/mol. The molecule has 1 N–H and O–H groups in total. The molecule has 2 heterocycles. The Morgan fingerprint density at radius 2 is 2.26 bits per heavy atom. The molecular formula is C15H25N3O. The number of nitrogens with zero attached hydrogens (tertiary/aromatic N) is 2. The molecule has 1 aromatic rings. The molecule has 0 spiro atoms. The van der Waals surface area contributed by atoms with Crippen molar-refractivity contribution >= 4 is 11.7 Å². The van der Waals surface area contributed by atoms with E-state index in [-0.39, 0.29) is 11.9 Å². The Bertz CT molecular complexity index is 417. The number of aromatic nitrogens is 1. The van der Waals surface area contributed by atoms with Crippen LogP contribution in [0.2, 0.25) is 0 Å². The van der Waals surface area contributed by atoms with Crippen molar-refractivity contribution in [2.45, 2.75) is 45.6 Å². The Labute approximate surface area is 115 Å². The molecule has 0 aromatic carbocycles. The van der Waals surface area contributed by atoms with Gasteiger partial charge in [0.15, 0.2) is 0 Å². The second-order valence-electron chi connectivity index (χ2n) is 5.50. The fourth-order valence-corrected chi connectivity index (χ4v) is 2.88. The molecule has 1 aromatic heterocycles. The number of carbonyl (C=O) groups excluding carboxylic acids is 1. The van der Waals surface area contributed by atoms with E-state index in [1.807, 2.05) is 30.8 Å². The first kappa shape index (κ1) is 14.1. The molecule has 0 bridgehead atoms. The van der Waals surface area contributed by atoms with E-state index in [1.54, 1.807) is 0 Å². The minimum Gasteiger partial charge on any atom is -0.337 e. The first-order chi connectivity index (χ1) is 9.13. The third-order valence-corrected chi connectivity index (χ3v) is 3.94. The molecule has 106 valence electrons. The van der Waals surface area contributed by atoms with Crippen LogP contribution < -0.4 is 5.32 Å². The number of anilines is 1. The van der Waals surface area contributed by atoms with Crippen LogP contribution in [-0.4, -0.2) is 34.5 Å². The number of hydrogen-bond donors (Lipinski definition) is 1. The topological polar surface area (TPSA) is 37.3 Å². The molecule has 0 radical (unpaired) electrons. The highest BCUT2D eigenvalue weighted by Gasteiger charge is 2.28. The minimum atomic E-state index is 0.0444. The van der Waals surface area contributed by atoms with Crippen LogP contribution in [0.3, 0.4) is 0 Å². The fourth-order valence-electron chi connectivity index (χ4n) is 2.88. The first-order valence-electron chi connectivity index (χ1n) is 7.30. The van der Waals surface area contributed by atoms with Gasteiger partial charge in [-0.15, -0.1) is 0 Å². The maximum absolute atomic E-state index is 12.5. The SMILES string of the molecule is CCCN1CCCCC1C(=O)Nc1c(C)ccn1C. The number of likely N-dealkylation sites (tertiary alicyclic amines) is 1. The Balaban J connectivity index is 2.05. The van der Waals surface area contributed by atoms with Crippen LogP contribution in [0.1, 0.15) is 38.2 Å². The van der Waals surface area contributed by atoms with E-state index < -0.39 is 0 Å². The summed E-state index contributed by atoms with van der Waals surface area (Å²) in [5.41, 5.74) is 1.12. The van der Waals surface area contributed by atoms with Gasteiger partial charge in [0.25, 0.3) is 0 Å². The maximum Gasteiger partial charge on any atom is 0.242 e. The summed E-state index contributed by atoms with van der Waals surface area (Å²) >= 11 is 0. The van der Waals surface area contributed by atoms with Gasteiger partial charge in [0.05, 0.1) is 6.04 Å². The number of nitrogens with one attached hydrogen (secondary N) is 1. The van der Waals surface area contributed by atoms with E-state index in [9.17, 15) is 4.79 Å². The lowest BCUT2D eigenvalue weighted by Crippen LogP contribution is -2.47. The predicted molar refractivity (Wildman–Crippen MR) is 78.3 cm³/mol. The van der Waals surface area contributed by atoms with E-state index in [2.05, 4.69) is 17.1 Å². The standard InChI is InChI=1S/C15H25N3O/c1-4-9-18-10-6-5-7-13(18)15(19)16-14-12(2)8-11-17(14)3/h8,11,13H,4-7,9-10H2,1-3H3,(H,16,19). The fraction of sp³-hybridized carbons (Fsp3) is 0.667. The van der Waals surface area contributed by atoms with Crippen LogP contribution in [-0.2, 0) is 11.8 Å². The van der Waals surface area contributed by atoms with Gasteiger partial charge in [0.2, 0.25) is 5.91 Å². The van der Waals surface area contributed by atoms with Crippen molar-refractivity contribution in [3.63, 3.8) is 0 Å². The highest BCUT2D eigenvalue weighted by Crippen LogP contribution is 2.20. The van der Waals surface area contributed by atoms with Crippen molar-refractivity contribution in [1.29, 1.82) is 0 Å². The number of rotatable bonds is 4. The zero-order valence-corrected chi connectivity index (χ0v) is 12.3. The summed E-state index contributed by atoms with van der Waals surface area (Å²) in [6, 6.07) is 2.07. The zero-order chi connectivity index (χ0) is 13.8. The summed E-state index contributed by atoms with van der Waals surface area (Å²) in [5, 5.41) is 3.10. The lowest BCUT2D eigenvalue weighted by Gasteiger charge is -2.34. The molecule has 1 aliphatic heterocycles. The van der Waals surface area contributed by atoms with Crippen LogP contribution in [0.15, 0.2) is 12.3 Å². The second kappa shape index (κ2) is 6.24. The quantitative estimate of drug-likeness (QED) is 0.906. The Hall–Kier alpha value is -1.29. The molecule has 4 heteroatoms. The maximum atomic E-state index is 12.5. The van der Waals surface area contributed by atoms with Crippen LogP contribution in [0.4, 0.5) is 5.82 Å². The van der Waals surface area contributed by atoms with Gasteiger partial charge in [-0.2, -0.15) is 0 Å². The molecule has 1 saturated heterocycles. The van der Waals surface area contributed by atoms with Gasteiger partial charge in [-0.3, -0.25) is 9.69 Å². The predicted octanol–water partition coefficient (Wildman–Crippen LogP) is 2.54. The average Bonchev–Trinajstić information content (AvgIpc) is 2.71. The summed E-state index contributed by atoms with van der Waals surface area (Å²) in [6.07, 6.45) is 6.44. The Kier molecular flexibility index (Phi) is 4.64. The number of piperidine rings is 1. The van der Waals surface area contributed by atoms with Gasteiger partial charge in [-0.05, 0) is 50.9 Å². The largest absolute Gasteiger partial charge is 0.337 e.